The first-order valence-corrected chi connectivity index (χ1v) is 17.8. The van der Waals surface area contributed by atoms with E-state index in [-0.39, 0.29) is 25.2 Å². The Bertz CT molecular complexity index is 1540. The molecule has 6 atom stereocenters. The fourth-order valence-corrected chi connectivity index (χ4v) is 6.29. The van der Waals surface area contributed by atoms with Gasteiger partial charge in [-0.15, -0.1) is 0 Å². The van der Waals surface area contributed by atoms with Gasteiger partial charge in [-0.1, -0.05) is 60.7 Å². The SMILES string of the molecule is CCOC(=O)C[C@@H](NC(=O)[C@H](CCSC)NC(=O)c1ccccc1Oc1ccccc1)[C@H]1O[C@@H]2OC(C)(C)O[C@@H]2[C@H]1OCc1ccccc1. The highest BCUT2D eigenvalue weighted by atomic mass is 32.2. The Balaban J connectivity index is 1.36. The molecule has 12 heteroatoms. The third-order valence-electron chi connectivity index (χ3n) is 8.06. The summed E-state index contributed by atoms with van der Waals surface area (Å²) in [6.45, 7) is 5.71. The van der Waals surface area contributed by atoms with E-state index in [9.17, 15) is 14.4 Å². The van der Waals surface area contributed by atoms with Crippen LogP contribution >= 0.6 is 11.8 Å². The van der Waals surface area contributed by atoms with Crippen molar-refractivity contribution in [3.05, 3.63) is 96.1 Å². The fraction of sp³-hybridized carbons (Fsp3) is 0.432. The van der Waals surface area contributed by atoms with Gasteiger partial charge in [-0.3, -0.25) is 14.4 Å². The van der Waals surface area contributed by atoms with Gasteiger partial charge in [0.05, 0.1) is 31.2 Å². The van der Waals surface area contributed by atoms with Crippen molar-refractivity contribution in [2.24, 2.45) is 0 Å². The number of nitrogens with one attached hydrogen (secondary N) is 2. The molecule has 0 aliphatic carbocycles. The van der Waals surface area contributed by atoms with E-state index in [0.29, 0.717) is 23.7 Å². The number of thioether (sulfide) groups is 1. The Kier molecular flexibility index (Phi) is 12.7. The van der Waals surface area contributed by atoms with E-state index >= 15 is 0 Å². The van der Waals surface area contributed by atoms with Gasteiger partial charge in [-0.2, -0.15) is 11.8 Å². The summed E-state index contributed by atoms with van der Waals surface area (Å²) in [4.78, 5) is 40.6. The first kappa shape index (κ1) is 36.3. The Labute approximate surface area is 291 Å². The quantitative estimate of drug-likeness (QED) is 0.193. The number of carbonyl (C=O) groups excluding carboxylic acids is 3. The molecule has 2 amide bonds. The Morgan fingerprint density at radius 3 is 2.33 bits per heavy atom. The average molecular weight is 693 g/mol. The lowest BCUT2D eigenvalue weighted by Gasteiger charge is -2.32. The molecule has 49 heavy (non-hydrogen) atoms. The predicted octanol–water partition coefficient (Wildman–Crippen LogP) is 5.23. The molecule has 3 aromatic carbocycles. The molecule has 262 valence electrons. The predicted molar refractivity (Wildman–Crippen MR) is 184 cm³/mol. The van der Waals surface area contributed by atoms with E-state index in [1.807, 2.05) is 54.8 Å². The van der Waals surface area contributed by atoms with Gasteiger partial charge in [0.1, 0.15) is 35.9 Å². The van der Waals surface area contributed by atoms with E-state index in [4.69, 9.17) is 28.4 Å². The molecule has 0 spiro atoms. The highest BCUT2D eigenvalue weighted by molar-refractivity contribution is 7.98. The molecule has 0 saturated carbocycles. The molecule has 0 aromatic heterocycles. The summed E-state index contributed by atoms with van der Waals surface area (Å²) in [7, 11) is 0. The third-order valence-corrected chi connectivity index (χ3v) is 8.71. The lowest BCUT2D eigenvalue weighted by molar-refractivity contribution is -0.223. The number of benzene rings is 3. The van der Waals surface area contributed by atoms with Crippen LogP contribution in [0.1, 0.15) is 49.5 Å². The highest BCUT2D eigenvalue weighted by Gasteiger charge is 2.57. The van der Waals surface area contributed by atoms with Gasteiger partial charge in [-0.25, -0.2) is 0 Å². The van der Waals surface area contributed by atoms with Crippen molar-refractivity contribution >= 4 is 29.5 Å². The van der Waals surface area contributed by atoms with Gasteiger partial charge in [-0.05, 0) is 69.0 Å². The number of hydrogen-bond donors (Lipinski definition) is 2. The summed E-state index contributed by atoms with van der Waals surface area (Å²) in [5, 5.41) is 5.89. The molecule has 0 bridgehead atoms. The smallest absolute Gasteiger partial charge is 0.307 e. The molecule has 11 nitrogen and oxygen atoms in total. The molecular weight excluding hydrogens is 648 g/mol. The second kappa shape index (κ2) is 17.1. The molecule has 2 N–H and O–H groups in total. The van der Waals surface area contributed by atoms with Crippen LogP contribution in [0.2, 0.25) is 0 Å². The lowest BCUT2D eigenvalue weighted by atomic mass is 9.99. The number of hydrogen-bond acceptors (Lipinski definition) is 10. The van der Waals surface area contributed by atoms with Crippen LogP contribution in [-0.4, -0.2) is 78.9 Å². The van der Waals surface area contributed by atoms with Crippen molar-refractivity contribution in [2.45, 2.75) is 82.7 Å². The second-order valence-electron chi connectivity index (χ2n) is 12.2. The highest BCUT2D eigenvalue weighted by Crippen LogP contribution is 2.40. The molecule has 2 heterocycles. The topological polar surface area (TPSA) is 131 Å². The number of esters is 1. The zero-order valence-electron chi connectivity index (χ0n) is 28.2. The normalized spacial score (nSPS) is 22.0. The maximum atomic E-state index is 14.1. The van der Waals surface area contributed by atoms with Crippen molar-refractivity contribution in [1.29, 1.82) is 0 Å². The zero-order valence-corrected chi connectivity index (χ0v) is 29.0. The van der Waals surface area contributed by atoms with Crippen LogP contribution in [0.15, 0.2) is 84.9 Å². The number of rotatable bonds is 16. The van der Waals surface area contributed by atoms with Crippen LogP contribution in [0.4, 0.5) is 0 Å². The Hall–Kier alpha value is -3.94. The summed E-state index contributed by atoms with van der Waals surface area (Å²) in [6, 6.07) is 23.8. The monoisotopic (exact) mass is 692 g/mol. The van der Waals surface area contributed by atoms with E-state index in [1.165, 1.54) is 0 Å². The van der Waals surface area contributed by atoms with Crippen LogP contribution in [-0.2, 0) is 39.9 Å². The minimum Gasteiger partial charge on any atom is -0.466 e. The lowest BCUT2D eigenvalue weighted by Crippen LogP contribution is -2.56. The largest absolute Gasteiger partial charge is 0.466 e. The van der Waals surface area contributed by atoms with Gasteiger partial charge in [0.2, 0.25) is 5.91 Å². The van der Waals surface area contributed by atoms with E-state index in [2.05, 4.69) is 10.6 Å². The first-order chi connectivity index (χ1) is 23.7. The minimum absolute atomic E-state index is 0.168. The molecule has 2 fully saturated rings. The van der Waals surface area contributed by atoms with Gasteiger partial charge in [0, 0.05) is 0 Å². The standard InChI is InChI=1S/C37H44N2O9S/c1-5-43-30(40)22-28(31-32(44-23-24-14-8-6-9-15-24)33-36(46-31)48-37(2,3)47-33)39-35(42)27(20-21-49-4)38-34(41)26-18-12-13-19-29(26)45-25-16-10-7-11-17-25/h6-19,27-28,31-33,36H,5,20-23H2,1-4H3,(H,38,41)(H,39,42)/t27-,28+,31+,32-,33+,36+/m0/s1. The third kappa shape index (κ3) is 9.83. The van der Waals surface area contributed by atoms with Crippen molar-refractivity contribution in [3.63, 3.8) is 0 Å². The fourth-order valence-electron chi connectivity index (χ4n) is 5.82. The summed E-state index contributed by atoms with van der Waals surface area (Å²) in [5.41, 5.74) is 1.21. The van der Waals surface area contributed by atoms with Gasteiger partial charge in [0.25, 0.3) is 5.91 Å². The number of ether oxygens (including phenoxy) is 6. The molecule has 3 aromatic rings. The van der Waals surface area contributed by atoms with Crippen molar-refractivity contribution in [1.82, 2.24) is 10.6 Å². The van der Waals surface area contributed by atoms with Crippen molar-refractivity contribution in [3.8, 4) is 11.5 Å². The Morgan fingerprint density at radius 1 is 0.918 bits per heavy atom. The van der Waals surface area contributed by atoms with E-state index in [0.717, 1.165) is 5.56 Å². The van der Waals surface area contributed by atoms with Crippen molar-refractivity contribution in [2.75, 3.05) is 18.6 Å². The van der Waals surface area contributed by atoms with Crippen LogP contribution in [0.5, 0.6) is 11.5 Å². The number of carbonyl (C=O) groups is 3. The Morgan fingerprint density at radius 2 is 1.61 bits per heavy atom. The molecule has 2 aliphatic heterocycles. The van der Waals surface area contributed by atoms with Gasteiger partial charge in [0.15, 0.2) is 12.1 Å². The summed E-state index contributed by atoms with van der Waals surface area (Å²) in [6.07, 6.45) is -0.876. The average Bonchev–Trinajstić information content (AvgIpc) is 3.57. The summed E-state index contributed by atoms with van der Waals surface area (Å²) >= 11 is 1.54. The minimum atomic E-state index is -0.939. The van der Waals surface area contributed by atoms with E-state index in [1.54, 1.807) is 68.9 Å². The van der Waals surface area contributed by atoms with E-state index < -0.39 is 60.3 Å². The van der Waals surface area contributed by atoms with Gasteiger partial charge < -0.3 is 39.1 Å². The molecule has 5 rings (SSSR count). The number of fused-ring (bicyclic) bond motifs is 1. The van der Waals surface area contributed by atoms with Crippen LogP contribution < -0.4 is 15.4 Å². The zero-order chi connectivity index (χ0) is 34.8. The maximum Gasteiger partial charge on any atom is 0.307 e. The van der Waals surface area contributed by atoms with Crippen LogP contribution in [0.3, 0.4) is 0 Å². The van der Waals surface area contributed by atoms with Crippen LogP contribution in [0, 0.1) is 0 Å². The number of para-hydroxylation sites is 2. The second-order valence-corrected chi connectivity index (χ2v) is 13.2. The molecule has 0 radical (unpaired) electrons. The number of amides is 2. The first-order valence-electron chi connectivity index (χ1n) is 16.4. The van der Waals surface area contributed by atoms with Gasteiger partial charge >= 0.3 is 5.97 Å². The summed E-state index contributed by atoms with van der Waals surface area (Å²) in [5.74, 6) is -0.883. The summed E-state index contributed by atoms with van der Waals surface area (Å²) < 4.78 is 36.2. The van der Waals surface area contributed by atoms with Crippen molar-refractivity contribution < 1.29 is 42.8 Å². The molecule has 0 unspecified atom stereocenters. The maximum absolute atomic E-state index is 14.1. The molecule has 2 aliphatic rings. The van der Waals surface area contributed by atoms with Crippen LogP contribution in [0.25, 0.3) is 0 Å². The molecular formula is C37H44N2O9S. The molecule has 2 saturated heterocycles.